The normalized spacial score (nSPS) is 15.7. The number of hydrogen-bond acceptors (Lipinski definition) is 5. The summed E-state index contributed by atoms with van der Waals surface area (Å²) >= 11 is 0. The number of esters is 1. The number of hydrogen-bond donors (Lipinski definition) is 2. The summed E-state index contributed by atoms with van der Waals surface area (Å²) in [6.07, 6.45) is 4.79. The third kappa shape index (κ3) is 7.95. The predicted molar refractivity (Wildman–Crippen MR) is 117 cm³/mol. The summed E-state index contributed by atoms with van der Waals surface area (Å²) < 4.78 is 5.18. The number of carboxylic acid groups (broad SMARTS) is 1. The summed E-state index contributed by atoms with van der Waals surface area (Å²) in [5.41, 5.74) is 1.10. The summed E-state index contributed by atoms with van der Waals surface area (Å²) in [5.74, 6) is -1.70. The Morgan fingerprint density at radius 1 is 1.20 bits per heavy atom. The fraction of sp³-hybridized carbons (Fsp3) is 0.591. The van der Waals surface area contributed by atoms with Crippen molar-refractivity contribution < 1.29 is 24.2 Å². The van der Waals surface area contributed by atoms with E-state index in [1.807, 2.05) is 30.3 Å². The Morgan fingerprint density at radius 3 is 2.40 bits per heavy atom. The number of carbonyl (C=O) groups excluding carboxylic acids is 2. The van der Waals surface area contributed by atoms with Gasteiger partial charge < -0.3 is 14.7 Å². The smallest absolute Gasteiger partial charge is 0.323 e. The Labute approximate surface area is 184 Å². The van der Waals surface area contributed by atoms with Gasteiger partial charge in [-0.2, -0.15) is 0 Å². The van der Waals surface area contributed by atoms with Gasteiger partial charge in [-0.15, -0.1) is 12.4 Å². The van der Waals surface area contributed by atoms with Crippen LogP contribution in [0.15, 0.2) is 30.3 Å². The average molecular weight is 441 g/mol. The van der Waals surface area contributed by atoms with Crippen LogP contribution in [0.5, 0.6) is 0 Å². The first kappa shape index (κ1) is 25.9. The lowest BCUT2D eigenvalue weighted by atomic mass is 10.0. The highest BCUT2D eigenvalue weighted by atomic mass is 35.5. The zero-order valence-corrected chi connectivity index (χ0v) is 18.5. The number of aryl methyl sites for hydroxylation is 1. The number of nitrogens with one attached hydrogen (secondary N) is 1. The number of carboxylic acids is 1. The molecule has 2 N–H and O–H groups in total. The molecular weight excluding hydrogens is 408 g/mol. The minimum atomic E-state index is -1.02. The van der Waals surface area contributed by atoms with E-state index in [0.29, 0.717) is 12.8 Å². The second-order valence-electron chi connectivity index (χ2n) is 7.52. The van der Waals surface area contributed by atoms with Crippen molar-refractivity contribution in [2.75, 3.05) is 13.2 Å². The van der Waals surface area contributed by atoms with Crippen LogP contribution in [0, 0.1) is 0 Å². The van der Waals surface area contributed by atoms with Gasteiger partial charge in [0.15, 0.2) is 0 Å². The van der Waals surface area contributed by atoms with Crippen molar-refractivity contribution in [3.8, 4) is 0 Å². The van der Waals surface area contributed by atoms with Gasteiger partial charge in [-0.3, -0.25) is 19.7 Å². The monoisotopic (exact) mass is 440 g/mol. The van der Waals surface area contributed by atoms with E-state index in [1.54, 1.807) is 13.8 Å². The molecule has 0 heterocycles. The number of nitrogens with zero attached hydrogens (tertiary/aromatic N) is 1. The summed E-state index contributed by atoms with van der Waals surface area (Å²) in [6, 6.07) is 8.44. The Kier molecular flexibility index (Phi) is 11.4. The molecule has 0 saturated heterocycles. The number of rotatable bonds is 11. The van der Waals surface area contributed by atoms with Crippen molar-refractivity contribution in [2.45, 2.75) is 70.5 Å². The van der Waals surface area contributed by atoms with Gasteiger partial charge in [0.25, 0.3) is 0 Å². The summed E-state index contributed by atoms with van der Waals surface area (Å²) in [7, 11) is 0. The largest absolute Gasteiger partial charge is 0.480 e. The van der Waals surface area contributed by atoms with Gasteiger partial charge in [0.2, 0.25) is 5.91 Å². The number of amides is 1. The van der Waals surface area contributed by atoms with E-state index in [9.17, 15) is 19.5 Å². The molecule has 1 aromatic carbocycles. The van der Waals surface area contributed by atoms with Crippen LogP contribution in [0.3, 0.4) is 0 Å². The molecule has 168 valence electrons. The number of halogens is 1. The molecule has 0 radical (unpaired) electrons. The lowest BCUT2D eigenvalue weighted by molar-refractivity contribution is -0.149. The molecule has 30 heavy (non-hydrogen) atoms. The van der Waals surface area contributed by atoms with E-state index < -0.39 is 24.0 Å². The average Bonchev–Trinajstić information content (AvgIpc) is 3.24. The van der Waals surface area contributed by atoms with Crippen molar-refractivity contribution in [2.24, 2.45) is 0 Å². The van der Waals surface area contributed by atoms with Crippen LogP contribution in [0.4, 0.5) is 0 Å². The van der Waals surface area contributed by atoms with E-state index in [0.717, 1.165) is 31.2 Å². The number of ether oxygens (including phenoxy) is 1. The zero-order chi connectivity index (χ0) is 21.2. The summed E-state index contributed by atoms with van der Waals surface area (Å²) in [5, 5.41) is 12.3. The molecule has 1 aliphatic carbocycles. The molecule has 1 aromatic rings. The van der Waals surface area contributed by atoms with E-state index in [4.69, 9.17) is 4.74 Å². The quantitative estimate of drug-likeness (QED) is 0.513. The first-order valence-electron chi connectivity index (χ1n) is 10.4. The number of carbonyl (C=O) groups is 3. The lowest BCUT2D eigenvalue weighted by Crippen LogP contribution is -2.54. The van der Waals surface area contributed by atoms with E-state index in [-0.39, 0.29) is 37.5 Å². The Balaban J connectivity index is 0.00000450. The second kappa shape index (κ2) is 13.2. The van der Waals surface area contributed by atoms with Gasteiger partial charge in [-0.05, 0) is 45.1 Å². The van der Waals surface area contributed by atoms with Gasteiger partial charge >= 0.3 is 11.9 Å². The maximum Gasteiger partial charge on any atom is 0.323 e. The molecule has 0 bridgehead atoms. The molecule has 0 aliphatic heterocycles. The first-order valence-corrected chi connectivity index (χ1v) is 10.4. The fourth-order valence-electron chi connectivity index (χ4n) is 3.84. The summed E-state index contributed by atoms with van der Waals surface area (Å²) in [4.78, 5) is 38.2. The van der Waals surface area contributed by atoms with Crippen molar-refractivity contribution in [1.82, 2.24) is 10.2 Å². The minimum absolute atomic E-state index is 0. The number of benzene rings is 1. The molecule has 1 aliphatic rings. The highest BCUT2D eigenvalue weighted by molar-refractivity contribution is 5.86. The molecule has 1 amide bonds. The molecule has 8 heteroatoms. The Hall–Kier alpha value is -2.12. The minimum Gasteiger partial charge on any atom is -0.480 e. The third-order valence-corrected chi connectivity index (χ3v) is 5.31. The SMILES string of the molecule is CCOC(=O)C(CCc1ccccc1)N[C@@H](C)C(=O)N(CC(=O)O)C1CCCC1.Cl. The van der Waals surface area contributed by atoms with Crippen LogP contribution in [0.2, 0.25) is 0 Å². The van der Waals surface area contributed by atoms with Gasteiger partial charge in [-0.1, -0.05) is 43.2 Å². The molecule has 1 unspecified atom stereocenters. The highest BCUT2D eigenvalue weighted by Gasteiger charge is 2.33. The van der Waals surface area contributed by atoms with Crippen LogP contribution < -0.4 is 5.32 Å². The van der Waals surface area contributed by atoms with Gasteiger partial charge in [0.05, 0.1) is 12.6 Å². The van der Waals surface area contributed by atoms with E-state index in [1.165, 1.54) is 4.90 Å². The standard InChI is InChI=1S/C22H32N2O5.ClH/c1-3-29-22(28)19(14-13-17-9-5-4-6-10-17)23-16(2)21(27)24(15-20(25)26)18-11-7-8-12-18;/h4-6,9-10,16,18-19,23H,3,7-8,11-15H2,1-2H3,(H,25,26);1H/t16-,19?;/m0./s1. The van der Waals surface area contributed by atoms with Crippen LogP contribution in [-0.4, -0.2) is 59.1 Å². The van der Waals surface area contributed by atoms with E-state index >= 15 is 0 Å². The van der Waals surface area contributed by atoms with Crippen molar-refractivity contribution >= 4 is 30.3 Å². The van der Waals surface area contributed by atoms with Crippen LogP contribution >= 0.6 is 12.4 Å². The molecule has 2 atom stereocenters. The fourth-order valence-corrected chi connectivity index (χ4v) is 3.84. The van der Waals surface area contributed by atoms with Crippen molar-refractivity contribution in [3.05, 3.63) is 35.9 Å². The third-order valence-electron chi connectivity index (χ3n) is 5.31. The van der Waals surface area contributed by atoms with Crippen LogP contribution in [0.25, 0.3) is 0 Å². The predicted octanol–water partition coefficient (Wildman–Crippen LogP) is 2.81. The molecule has 0 spiro atoms. The van der Waals surface area contributed by atoms with Crippen molar-refractivity contribution in [3.63, 3.8) is 0 Å². The molecular formula is C22H33ClN2O5. The maximum atomic E-state index is 13.0. The molecule has 7 nitrogen and oxygen atoms in total. The second-order valence-corrected chi connectivity index (χ2v) is 7.52. The van der Waals surface area contributed by atoms with Gasteiger partial charge in [0.1, 0.15) is 12.6 Å². The highest BCUT2D eigenvalue weighted by Crippen LogP contribution is 2.24. The van der Waals surface area contributed by atoms with E-state index in [2.05, 4.69) is 5.32 Å². The summed E-state index contributed by atoms with van der Waals surface area (Å²) in [6.45, 7) is 3.37. The van der Waals surface area contributed by atoms with Crippen LogP contribution in [-0.2, 0) is 25.5 Å². The maximum absolute atomic E-state index is 13.0. The lowest BCUT2D eigenvalue weighted by Gasteiger charge is -2.31. The zero-order valence-electron chi connectivity index (χ0n) is 17.7. The van der Waals surface area contributed by atoms with Gasteiger partial charge in [0, 0.05) is 6.04 Å². The first-order chi connectivity index (χ1) is 13.9. The molecule has 1 fully saturated rings. The molecule has 0 aromatic heterocycles. The Morgan fingerprint density at radius 2 is 1.83 bits per heavy atom. The van der Waals surface area contributed by atoms with Crippen LogP contribution in [0.1, 0.15) is 51.5 Å². The van der Waals surface area contributed by atoms with Crippen molar-refractivity contribution in [1.29, 1.82) is 0 Å². The topological polar surface area (TPSA) is 95.9 Å². The number of aliphatic carboxylic acids is 1. The Bertz CT molecular complexity index is 679. The molecule has 2 rings (SSSR count). The van der Waals surface area contributed by atoms with Gasteiger partial charge in [-0.25, -0.2) is 0 Å². The molecule has 1 saturated carbocycles.